The molecule has 1 saturated carbocycles. The molecule has 1 atom stereocenters. The van der Waals surface area contributed by atoms with Gasteiger partial charge in [0.05, 0.1) is 12.1 Å². The maximum Gasteiger partial charge on any atom is 0.237 e. The van der Waals surface area contributed by atoms with Crippen LogP contribution in [0.2, 0.25) is 0 Å². The van der Waals surface area contributed by atoms with Gasteiger partial charge in [0, 0.05) is 13.2 Å². The number of hydrogen-bond donors (Lipinski definition) is 1. The van der Waals surface area contributed by atoms with Crippen molar-refractivity contribution in [2.75, 3.05) is 26.7 Å². The second kappa shape index (κ2) is 9.42. The minimum absolute atomic E-state index is 0.0757. The van der Waals surface area contributed by atoms with Crippen LogP contribution in [0, 0.1) is 0 Å². The predicted molar refractivity (Wildman–Crippen MR) is 85.3 cm³/mol. The number of nitrogens with one attached hydrogen (secondary N) is 1. The number of likely N-dealkylation sites (tertiary alicyclic amines) is 1. The minimum Gasteiger partial charge on any atom is -0.378 e. The highest BCUT2D eigenvalue weighted by molar-refractivity contribution is 5.81. The Labute approximate surface area is 129 Å². The highest BCUT2D eigenvalue weighted by atomic mass is 16.5. The Bertz CT molecular complexity index is 303. The largest absolute Gasteiger partial charge is 0.378 e. The van der Waals surface area contributed by atoms with E-state index in [1.807, 2.05) is 0 Å². The third-order valence-corrected chi connectivity index (χ3v) is 4.85. The summed E-state index contributed by atoms with van der Waals surface area (Å²) in [6, 6.07) is 0.0757. The molecule has 122 valence electrons. The number of ether oxygens (including phenoxy) is 1. The lowest BCUT2D eigenvalue weighted by Gasteiger charge is -2.25. The van der Waals surface area contributed by atoms with Crippen molar-refractivity contribution in [2.24, 2.45) is 0 Å². The topological polar surface area (TPSA) is 41.6 Å². The highest BCUT2D eigenvalue weighted by Crippen LogP contribution is 2.20. The van der Waals surface area contributed by atoms with Crippen LogP contribution in [0.1, 0.15) is 64.2 Å². The third kappa shape index (κ3) is 5.95. The zero-order valence-electron chi connectivity index (χ0n) is 13.6. The van der Waals surface area contributed by atoms with Gasteiger partial charge in [-0.05, 0) is 45.7 Å². The zero-order chi connectivity index (χ0) is 14.9. The first-order valence-corrected chi connectivity index (χ1v) is 8.87. The molecule has 1 aliphatic heterocycles. The standard InChI is InChI=1S/C17H32N2O2/c1-19-13-7-3-6-11-16(19)17(20)18-12-8-14-21-15-9-4-2-5-10-15/h15-16H,2-14H2,1H3,(H,18,20)/t16-/m1/s1. The van der Waals surface area contributed by atoms with Gasteiger partial charge in [0.15, 0.2) is 0 Å². The lowest BCUT2D eigenvalue weighted by molar-refractivity contribution is -0.126. The molecule has 4 nitrogen and oxygen atoms in total. The van der Waals surface area contributed by atoms with Crippen molar-refractivity contribution in [3.8, 4) is 0 Å². The number of likely N-dealkylation sites (N-methyl/N-ethyl adjacent to an activating group) is 1. The summed E-state index contributed by atoms with van der Waals surface area (Å²) in [7, 11) is 2.07. The molecule has 1 heterocycles. The Morgan fingerprint density at radius 2 is 1.81 bits per heavy atom. The van der Waals surface area contributed by atoms with Crippen LogP contribution < -0.4 is 5.32 Å². The fourth-order valence-electron chi connectivity index (χ4n) is 3.47. The molecule has 4 heteroatoms. The molecule has 0 aromatic heterocycles. The lowest BCUT2D eigenvalue weighted by atomic mass is 9.98. The van der Waals surface area contributed by atoms with Gasteiger partial charge in [-0.3, -0.25) is 9.69 Å². The van der Waals surface area contributed by atoms with E-state index in [0.29, 0.717) is 6.10 Å². The van der Waals surface area contributed by atoms with E-state index >= 15 is 0 Å². The number of amides is 1. The SMILES string of the molecule is CN1CCCCC[C@@H]1C(=O)NCCCOC1CCCCC1. The van der Waals surface area contributed by atoms with E-state index in [9.17, 15) is 4.79 Å². The minimum atomic E-state index is 0.0757. The van der Waals surface area contributed by atoms with Crippen LogP contribution in [0.4, 0.5) is 0 Å². The van der Waals surface area contributed by atoms with Gasteiger partial charge in [-0.25, -0.2) is 0 Å². The average Bonchev–Trinajstić information content (AvgIpc) is 2.72. The van der Waals surface area contributed by atoms with Gasteiger partial charge in [-0.15, -0.1) is 0 Å². The lowest BCUT2D eigenvalue weighted by Crippen LogP contribution is -2.45. The van der Waals surface area contributed by atoms with Crippen molar-refractivity contribution in [1.29, 1.82) is 0 Å². The van der Waals surface area contributed by atoms with E-state index in [-0.39, 0.29) is 11.9 Å². The average molecular weight is 296 g/mol. The molecule has 1 amide bonds. The Hall–Kier alpha value is -0.610. The fraction of sp³-hybridized carbons (Fsp3) is 0.941. The van der Waals surface area contributed by atoms with E-state index in [1.54, 1.807) is 0 Å². The smallest absolute Gasteiger partial charge is 0.237 e. The van der Waals surface area contributed by atoms with E-state index in [1.165, 1.54) is 51.4 Å². The van der Waals surface area contributed by atoms with Crippen LogP contribution in [-0.4, -0.2) is 49.7 Å². The Balaban J connectivity index is 1.55. The van der Waals surface area contributed by atoms with Gasteiger partial charge in [-0.1, -0.05) is 32.1 Å². The molecule has 1 N–H and O–H groups in total. The summed E-state index contributed by atoms with van der Waals surface area (Å²) >= 11 is 0. The van der Waals surface area contributed by atoms with Crippen molar-refractivity contribution in [2.45, 2.75) is 76.4 Å². The molecular weight excluding hydrogens is 264 g/mol. The first-order chi connectivity index (χ1) is 10.3. The Kier molecular flexibility index (Phi) is 7.51. The summed E-state index contributed by atoms with van der Waals surface area (Å²) in [4.78, 5) is 14.4. The summed E-state index contributed by atoms with van der Waals surface area (Å²) in [5, 5.41) is 3.09. The molecule has 1 saturated heterocycles. The number of rotatable bonds is 6. The molecule has 21 heavy (non-hydrogen) atoms. The molecule has 1 aliphatic carbocycles. The maximum atomic E-state index is 12.2. The zero-order valence-corrected chi connectivity index (χ0v) is 13.6. The third-order valence-electron chi connectivity index (χ3n) is 4.85. The first-order valence-electron chi connectivity index (χ1n) is 8.87. The van der Waals surface area contributed by atoms with Crippen LogP contribution in [0.5, 0.6) is 0 Å². The number of hydrogen-bond acceptors (Lipinski definition) is 3. The number of nitrogens with zero attached hydrogens (tertiary/aromatic N) is 1. The quantitative estimate of drug-likeness (QED) is 0.766. The van der Waals surface area contributed by atoms with Crippen LogP contribution >= 0.6 is 0 Å². The molecule has 0 radical (unpaired) electrons. The van der Waals surface area contributed by atoms with Gasteiger partial charge < -0.3 is 10.1 Å². The van der Waals surface area contributed by atoms with Gasteiger partial charge >= 0.3 is 0 Å². The Morgan fingerprint density at radius 1 is 1.10 bits per heavy atom. The van der Waals surface area contributed by atoms with Gasteiger partial charge in [0.1, 0.15) is 0 Å². The molecule has 2 fully saturated rings. The fourth-order valence-corrected chi connectivity index (χ4v) is 3.47. The van der Waals surface area contributed by atoms with E-state index in [2.05, 4.69) is 17.3 Å². The summed E-state index contributed by atoms with van der Waals surface area (Å²) < 4.78 is 5.89. The summed E-state index contributed by atoms with van der Waals surface area (Å²) in [5.74, 6) is 0.206. The van der Waals surface area contributed by atoms with Crippen LogP contribution in [0.25, 0.3) is 0 Å². The second-order valence-electron chi connectivity index (χ2n) is 6.62. The molecule has 0 aromatic rings. The second-order valence-corrected chi connectivity index (χ2v) is 6.62. The molecule has 0 bridgehead atoms. The van der Waals surface area contributed by atoms with Crippen LogP contribution in [0.15, 0.2) is 0 Å². The van der Waals surface area contributed by atoms with Crippen molar-refractivity contribution in [3.63, 3.8) is 0 Å². The first kappa shape index (κ1) is 16.8. The van der Waals surface area contributed by atoms with E-state index < -0.39 is 0 Å². The maximum absolute atomic E-state index is 12.2. The van der Waals surface area contributed by atoms with Crippen LogP contribution in [-0.2, 0) is 9.53 Å². The predicted octanol–water partition coefficient (Wildman–Crippen LogP) is 2.72. The number of carbonyl (C=O) groups is 1. The summed E-state index contributed by atoms with van der Waals surface area (Å²) in [6.45, 7) is 2.57. The van der Waals surface area contributed by atoms with E-state index in [4.69, 9.17) is 4.74 Å². The molecule has 0 spiro atoms. The molecule has 2 aliphatic rings. The Morgan fingerprint density at radius 3 is 2.62 bits per heavy atom. The normalized spacial score (nSPS) is 25.5. The molecule has 2 rings (SSSR count). The summed E-state index contributed by atoms with van der Waals surface area (Å²) in [6.07, 6.45) is 12.5. The van der Waals surface area contributed by atoms with Crippen LogP contribution in [0.3, 0.4) is 0 Å². The highest BCUT2D eigenvalue weighted by Gasteiger charge is 2.24. The molecule has 0 unspecified atom stereocenters. The molecular formula is C17H32N2O2. The molecule has 0 aromatic carbocycles. The van der Waals surface area contributed by atoms with Crippen molar-refractivity contribution in [3.05, 3.63) is 0 Å². The van der Waals surface area contributed by atoms with Crippen molar-refractivity contribution in [1.82, 2.24) is 10.2 Å². The summed E-state index contributed by atoms with van der Waals surface area (Å²) in [5.41, 5.74) is 0. The van der Waals surface area contributed by atoms with E-state index in [0.717, 1.165) is 32.5 Å². The monoisotopic (exact) mass is 296 g/mol. The number of carbonyl (C=O) groups excluding carboxylic acids is 1. The van der Waals surface area contributed by atoms with Gasteiger partial charge in [0.25, 0.3) is 0 Å². The van der Waals surface area contributed by atoms with Crippen molar-refractivity contribution >= 4 is 5.91 Å². The van der Waals surface area contributed by atoms with Gasteiger partial charge in [-0.2, -0.15) is 0 Å². The van der Waals surface area contributed by atoms with Gasteiger partial charge in [0.2, 0.25) is 5.91 Å². The van der Waals surface area contributed by atoms with Crippen molar-refractivity contribution < 1.29 is 9.53 Å².